The van der Waals surface area contributed by atoms with Crippen molar-refractivity contribution in [3.8, 4) is 5.75 Å². The fourth-order valence-electron chi connectivity index (χ4n) is 2.89. The number of unbranched alkanes of at least 4 members (excludes halogenated alkanes) is 1. The van der Waals surface area contributed by atoms with Crippen molar-refractivity contribution in [2.24, 2.45) is 4.99 Å². The lowest BCUT2D eigenvalue weighted by Crippen LogP contribution is -2.16. The van der Waals surface area contributed by atoms with Gasteiger partial charge in [0, 0.05) is 12.1 Å². The van der Waals surface area contributed by atoms with E-state index >= 15 is 0 Å². The third kappa shape index (κ3) is 4.42. The SMILES string of the molecule is C=CCn1c(=NC(=O)c2ccc(OCCCC)cc2)sc2cc(C)c(C)cc21. The molecule has 28 heavy (non-hydrogen) atoms. The highest BCUT2D eigenvalue weighted by atomic mass is 32.1. The number of carbonyl (C=O) groups is 1. The molecule has 0 aliphatic rings. The number of rotatable bonds is 7. The van der Waals surface area contributed by atoms with Gasteiger partial charge in [0.15, 0.2) is 4.80 Å². The average molecular weight is 395 g/mol. The van der Waals surface area contributed by atoms with Crippen LogP contribution < -0.4 is 9.54 Å². The summed E-state index contributed by atoms with van der Waals surface area (Å²) < 4.78 is 8.82. The van der Waals surface area contributed by atoms with Crippen molar-refractivity contribution < 1.29 is 9.53 Å². The van der Waals surface area contributed by atoms with Crippen molar-refractivity contribution in [2.75, 3.05) is 6.61 Å². The maximum Gasteiger partial charge on any atom is 0.279 e. The van der Waals surface area contributed by atoms with Crippen molar-refractivity contribution in [3.63, 3.8) is 0 Å². The van der Waals surface area contributed by atoms with E-state index < -0.39 is 0 Å². The Kier molecular flexibility index (Phi) is 6.47. The number of fused-ring (bicyclic) bond motifs is 1. The van der Waals surface area contributed by atoms with E-state index in [0.29, 0.717) is 23.5 Å². The van der Waals surface area contributed by atoms with E-state index in [1.54, 1.807) is 12.1 Å². The number of benzene rings is 2. The maximum atomic E-state index is 12.7. The molecule has 0 aliphatic heterocycles. The van der Waals surface area contributed by atoms with Crippen molar-refractivity contribution in [1.82, 2.24) is 4.57 Å². The van der Waals surface area contributed by atoms with Gasteiger partial charge >= 0.3 is 0 Å². The van der Waals surface area contributed by atoms with Crippen LogP contribution >= 0.6 is 11.3 Å². The molecule has 0 radical (unpaired) electrons. The minimum atomic E-state index is -0.252. The molecule has 0 N–H and O–H groups in total. The van der Waals surface area contributed by atoms with E-state index in [1.807, 2.05) is 22.8 Å². The van der Waals surface area contributed by atoms with Crippen LogP contribution in [0.25, 0.3) is 10.2 Å². The van der Waals surface area contributed by atoms with E-state index in [0.717, 1.165) is 28.8 Å². The van der Waals surface area contributed by atoms with Gasteiger partial charge in [0.2, 0.25) is 0 Å². The second-order valence-corrected chi connectivity index (χ2v) is 7.84. The van der Waals surface area contributed by atoms with E-state index in [2.05, 4.69) is 44.5 Å². The maximum absolute atomic E-state index is 12.7. The number of amides is 1. The number of aromatic nitrogens is 1. The van der Waals surface area contributed by atoms with E-state index in [9.17, 15) is 4.79 Å². The Labute approximate surface area is 169 Å². The molecule has 1 aromatic heterocycles. The standard InChI is InChI=1S/C23H26N2O2S/c1-5-7-13-27-19-10-8-18(9-11-19)22(26)24-23-25(12-6-2)20-14-16(3)17(4)15-21(20)28-23/h6,8-11,14-15H,2,5,7,12-13H2,1,3-4H3. The summed E-state index contributed by atoms with van der Waals surface area (Å²) in [5.41, 5.74) is 4.09. The van der Waals surface area contributed by atoms with Gasteiger partial charge in [-0.1, -0.05) is 30.8 Å². The molecule has 0 unspecified atom stereocenters. The van der Waals surface area contributed by atoms with Crippen LogP contribution in [0.5, 0.6) is 5.75 Å². The first-order valence-electron chi connectivity index (χ1n) is 9.57. The Morgan fingerprint density at radius 3 is 2.61 bits per heavy atom. The number of allylic oxidation sites excluding steroid dienone is 1. The van der Waals surface area contributed by atoms with Crippen LogP contribution in [0.3, 0.4) is 0 Å². The summed E-state index contributed by atoms with van der Waals surface area (Å²) in [6.45, 7) is 11.5. The predicted octanol–water partition coefficient (Wildman–Crippen LogP) is 5.43. The van der Waals surface area contributed by atoms with E-state index in [-0.39, 0.29) is 5.91 Å². The van der Waals surface area contributed by atoms with Gasteiger partial charge in [0.05, 0.1) is 16.8 Å². The molecule has 0 bridgehead atoms. The van der Waals surface area contributed by atoms with Crippen LogP contribution in [0.2, 0.25) is 0 Å². The zero-order valence-electron chi connectivity index (χ0n) is 16.7. The average Bonchev–Trinajstić information content (AvgIpc) is 2.99. The monoisotopic (exact) mass is 394 g/mol. The van der Waals surface area contributed by atoms with Crippen molar-refractivity contribution >= 4 is 27.5 Å². The highest BCUT2D eigenvalue weighted by Gasteiger charge is 2.10. The van der Waals surface area contributed by atoms with Gasteiger partial charge in [-0.05, 0) is 67.8 Å². The molecule has 4 nitrogen and oxygen atoms in total. The predicted molar refractivity (Wildman–Crippen MR) is 116 cm³/mol. The fraction of sp³-hybridized carbons (Fsp3) is 0.304. The Balaban J connectivity index is 1.93. The van der Waals surface area contributed by atoms with Crippen molar-refractivity contribution in [1.29, 1.82) is 0 Å². The van der Waals surface area contributed by atoms with Crippen molar-refractivity contribution in [2.45, 2.75) is 40.2 Å². The topological polar surface area (TPSA) is 43.6 Å². The summed E-state index contributed by atoms with van der Waals surface area (Å²) in [6.07, 6.45) is 3.94. The molecule has 0 saturated carbocycles. The molecular formula is C23H26N2O2S. The van der Waals surface area contributed by atoms with Crippen LogP contribution in [0, 0.1) is 13.8 Å². The first kappa shape index (κ1) is 20.1. The molecule has 1 heterocycles. The summed E-state index contributed by atoms with van der Waals surface area (Å²) in [5.74, 6) is 0.525. The Morgan fingerprint density at radius 2 is 1.93 bits per heavy atom. The number of hydrogen-bond acceptors (Lipinski definition) is 3. The van der Waals surface area contributed by atoms with Gasteiger partial charge in [-0.25, -0.2) is 0 Å². The third-order valence-corrected chi connectivity index (χ3v) is 5.72. The molecule has 0 saturated heterocycles. The minimum Gasteiger partial charge on any atom is -0.494 e. The quantitative estimate of drug-likeness (QED) is 0.396. The minimum absolute atomic E-state index is 0.252. The lowest BCUT2D eigenvalue weighted by molar-refractivity contribution is 0.0998. The van der Waals surface area contributed by atoms with Gasteiger partial charge in [-0.15, -0.1) is 6.58 Å². The molecule has 0 fully saturated rings. The number of nitrogens with zero attached hydrogens (tertiary/aromatic N) is 2. The third-order valence-electron chi connectivity index (χ3n) is 4.67. The molecule has 0 atom stereocenters. The number of ether oxygens (including phenoxy) is 1. The second kappa shape index (κ2) is 9.02. The van der Waals surface area contributed by atoms with Crippen LogP contribution in [-0.4, -0.2) is 17.1 Å². The smallest absolute Gasteiger partial charge is 0.279 e. The highest BCUT2D eigenvalue weighted by molar-refractivity contribution is 7.16. The number of aryl methyl sites for hydroxylation is 2. The highest BCUT2D eigenvalue weighted by Crippen LogP contribution is 2.22. The Morgan fingerprint density at radius 1 is 1.21 bits per heavy atom. The van der Waals surface area contributed by atoms with Crippen LogP contribution in [0.1, 0.15) is 41.3 Å². The van der Waals surface area contributed by atoms with Crippen LogP contribution in [0.4, 0.5) is 0 Å². The van der Waals surface area contributed by atoms with Crippen LogP contribution in [0.15, 0.2) is 54.0 Å². The molecule has 0 spiro atoms. The molecule has 5 heteroatoms. The van der Waals surface area contributed by atoms with Gasteiger partial charge in [-0.3, -0.25) is 4.79 Å². The van der Waals surface area contributed by atoms with Crippen molar-refractivity contribution in [3.05, 3.63) is 70.5 Å². The zero-order chi connectivity index (χ0) is 20.1. The number of thiazole rings is 1. The second-order valence-electron chi connectivity index (χ2n) is 6.83. The lowest BCUT2D eigenvalue weighted by atomic mass is 10.1. The Hall–Kier alpha value is -2.66. The molecule has 3 rings (SSSR count). The van der Waals surface area contributed by atoms with Gasteiger partial charge in [0.1, 0.15) is 5.75 Å². The summed E-state index contributed by atoms with van der Waals surface area (Å²) in [5, 5.41) is 0. The molecular weight excluding hydrogens is 368 g/mol. The molecule has 0 aliphatic carbocycles. The first-order chi connectivity index (χ1) is 13.5. The van der Waals surface area contributed by atoms with E-state index in [1.165, 1.54) is 22.5 Å². The molecule has 2 aromatic carbocycles. The number of carbonyl (C=O) groups excluding carboxylic acids is 1. The normalized spacial score (nSPS) is 11.8. The van der Waals surface area contributed by atoms with Gasteiger partial charge in [-0.2, -0.15) is 4.99 Å². The summed E-state index contributed by atoms with van der Waals surface area (Å²) in [6, 6.07) is 11.5. The van der Waals surface area contributed by atoms with Gasteiger partial charge < -0.3 is 9.30 Å². The number of hydrogen-bond donors (Lipinski definition) is 0. The Bertz CT molecular complexity index is 1060. The van der Waals surface area contributed by atoms with E-state index in [4.69, 9.17) is 4.74 Å². The molecule has 1 amide bonds. The molecule has 3 aromatic rings. The largest absolute Gasteiger partial charge is 0.494 e. The zero-order valence-corrected chi connectivity index (χ0v) is 17.5. The summed E-state index contributed by atoms with van der Waals surface area (Å²) >= 11 is 1.53. The lowest BCUT2D eigenvalue weighted by Gasteiger charge is -2.05. The first-order valence-corrected chi connectivity index (χ1v) is 10.4. The van der Waals surface area contributed by atoms with Crippen LogP contribution in [-0.2, 0) is 6.54 Å². The van der Waals surface area contributed by atoms with Gasteiger partial charge in [0.25, 0.3) is 5.91 Å². The fourth-order valence-corrected chi connectivity index (χ4v) is 4.01. The summed E-state index contributed by atoms with van der Waals surface area (Å²) in [7, 11) is 0. The molecule has 146 valence electrons. The summed E-state index contributed by atoms with van der Waals surface area (Å²) in [4.78, 5) is 17.8.